The molecule has 0 N–H and O–H groups in total. The minimum atomic E-state index is -0.963. The molecule has 2 atom stereocenters. The maximum absolute atomic E-state index is 7.08. The van der Waals surface area contributed by atoms with Gasteiger partial charge in [-0.2, -0.15) is 6.61 Å². The van der Waals surface area contributed by atoms with Crippen molar-refractivity contribution < 1.29 is 54.8 Å². The zero-order chi connectivity index (χ0) is 29.2. The van der Waals surface area contributed by atoms with E-state index in [0.717, 1.165) is 33.8 Å². The normalized spacial score (nSPS) is 12.7. The summed E-state index contributed by atoms with van der Waals surface area (Å²) in [5.41, 5.74) is 2.62. The predicted octanol–water partition coefficient (Wildman–Crippen LogP) is 8.84. The van der Waals surface area contributed by atoms with Crippen LogP contribution in [0.5, 0.6) is 11.5 Å². The van der Waals surface area contributed by atoms with Gasteiger partial charge >= 0.3 is 0 Å². The van der Waals surface area contributed by atoms with Gasteiger partial charge in [0.05, 0.1) is 20.8 Å². The Morgan fingerprint density at radius 3 is 1.69 bits per heavy atom. The average Bonchev–Trinajstić information content (AvgIpc) is 3.02. The van der Waals surface area contributed by atoms with Crippen molar-refractivity contribution in [3.05, 3.63) is 136 Å². The third-order valence-corrected chi connectivity index (χ3v) is 7.56. The van der Waals surface area contributed by atoms with Gasteiger partial charge in [-0.3, -0.25) is 0 Å². The molecular weight excluding hydrogens is 797 g/mol. The fourth-order valence-electron chi connectivity index (χ4n) is 4.57. The molecule has 0 fully saturated rings. The molecule has 0 aliphatic carbocycles. The third kappa shape index (κ3) is 8.33. The van der Waals surface area contributed by atoms with Gasteiger partial charge in [0.25, 0.3) is 0 Å². The fourth-order valence-corrected chi connectivity index (χ4v) is 5.08. The topological polar surface area (TPSA) is 46.2 Å². The molecule has 0 saturated heterocycles. The van der Waals surface area contributed by atoms with E-state index in [9.17, 15) is 0 Å². The second-order valence-corrected chi connectivity index (χ2v) is 10.2. The van der Waals surface area contributed by atoms with Gasteiger partial charge in [-0.15, -0.1) is 0 Å². The first kappa shape index (κ1) is 34.5. The Hall–Kier alpha value is -2.01. The molecule has 0 bridgehead atoms. The number of methoxy groups -OCH3 is 2. The number of halogens is 2. The van der Waals surface area contributed by atoms with E-state index in [4.69, 9.17) is 46.9 Å². The zero-order valence-electron chi connectivity index (χ0n) is 24.2. The molecule has 0 amide bonds. The molecule has 0 saturated carbocycles. The van der Waals surface area contributed by atoms with Gasteiger partial charge in [-0.25, -0.2) is 0 Å². The average molecular weight is 833 g/mol. The SMILES string of the molecule is CCC([CH-]OC(C)OCc1c(Cl)cccc1Cl)OC(c1ccccc1)(c1ccc(OC)cc1)c1ccc(OC)cc1.[U]. The molecule has 4 aromatic carbocycles. The Bertz CT molecular complexity index is 1300. The molecular formula is C34H35Cl2O5U-. The molecule has 8 heteroatoms. The molecule has 0 radical (unpaired) electrons. The first-order valence-corrected chi connectivity index (χ1v) is 14.2. The van der Waals surface area contributed by atoms with Crippen LogP contribution in [-0.4, -0.2) is 26.6 Å². The first-order chi connectivity index (χ1) is 19.9. The van der Waals surface area contributed by atoms with Gasteiger partial charge in [0.2, 0.25) is 0 Å². The standard InChI is InChI=1S/C34H35Cl2O5.U/c1-5-28(22-39-24(2)40-23-31-32(35)12-9-13-33(31)36)41-34(25-10-7-6-8-11-25,26-14-18-29(37-3)19-15-26)27-16-20-30(38-4)21-17-27;/h6-22,24,28H,5,23H2,1-4H3;/q-1;. The second kappa shape index (κ2) is 16.7. The number of rotatable bonds is 14. The van der Waals surface area contributed by atoms with Crippen molar-refractivity contribution in [2.45, 2.75) is 44.9 Å². The van der Waals surface area contributed by atoms with Gasteiger partial charge < -0.3 is 23.7 Å². The smallest absolute Gasteiger partial charge is 0.140 e. The Labute approximate surface area is 282 Å². The van der Waals surface area contributed by atoms with Crippen LogP contribution < -0.4 is 9.47 Å². The van der Waals surface area contributed by atoms with Crippen molar-refractivity contribution in [3.8, 4) is 11.5 Å². The molecule has 0 aliphatic heterocycles. The molecule has 0 aromatic heterocycles. The van der Waals surface area contributed by atoms with Gasteiger partial charge in [0.15, 0.2) is 0 Å². The van der Waals surface area contributed by atoms with E-state index in [2.05, 4.69) is 19.1 Å². The van der Waals surface area contributed by atoms with Crippen molar-refractivity contribution in [1.82, 2.24) is 0 Å². The number of hydrogen-bond donors (Lipinski definition) is 0. The second-order valence-electron chi connectivity index (χ2n) is 9.42. The number of ether oxygens (including phenoxy) is 5. The fraction of sp³-hybridized carbons (Fsp3) is 0.265. The van der Waals surface area contributed by atoms with Crippen LogP contribution in [0.3, 0.4) is 0 Å². The monoisotopic (exact) mass is 831 g/mol. The molecule has 0 heterocycles. The van der Waals surface area contributed by atoms with Crippen LogP contribution in [0.2, 0.25) is 10.0 Å². The predicted molar refractivity (Wildman–Crippen MR) is 164 cm³/mol. The van der Waals surface area contributed by atoms with E-state index in [-0.39, 0.29) is 37.7 Å². The molecule has 0 aliphatic rings. The molecule has 0 spiro atoms. The maximum atomic E-state index is 7.08. The number of hydrogen-bond acceptors (Lipinski definition) is 5. The number of benzene rings is 4. The van der Waals surface area contributed by atoms with Crippen molar-refractivity contribution in [2.24, 2.45) is 0 Å². The Kier molecular flexibility index (Phi) is 13.7. The van der Waals surface area contributed by atoms with Crippen LogP contribution in [0.4, 0.5) is 0 Å². The molecule has 4 aromatic rings. The maximum Gasteiger partial charge on any atom is 0.140 e. The Morgan fingerprint density at radius 1 is 0.714 bits per heavy atom. The van der Waals surface area contributed by atoms with Gasteiger partial charge in [0, 0.05) is 46.7 Å². The van der Waals surface area contributed by atoms with Crippen molar-refractivity contribution >= 4 is 23.2 Å². The molecule has 4 rings (SSSR count). The van der Waals surface area contributed by atoms with E-state index < -0.39 is 18.0 Å². The summed E-state index contributed by atoms with van der Waals surface area (Å²) in [4.78, 5) is 0. The zero-order valence-corrected chi connectivity index (χ0v) is 29.9. The summed E-state index contributed by atoms with van der Waals surface area (Å²) in [7, 11) is 3.31. The van der Waals surface area contributed by atoms with E-state index in [0.29, 0.717) is 16.5 Å². The van der Waals surface area contributed by atoms with Gasteiger partial charge in [-0.1, -0.05) is 97.2 Å². The summed E-state index contributed by atoms with van der Waals surface area (Å²) in [5.74, 6) is 1.52. The van der Waals surface area contributed by atoms with Crippen LogP contribution in [0, 0.1) is 37.7 Å². The molecule has 220 valence electrons. The molecule has 2 unspecified atom stereocenters. The molecule has 5 nitrogen and oxygen atoms in total. The quantitative estimate of drug-likeness (QED) is 0.0723. The van der Waals surface area contributed by atoms with Crippen LogP contribution in [0.25, 0.3) is 0 Å². The minimum Gasteiger partial charge on any atom is -0.527 e. The van der Waals surface area contributed by atoms with Crippen LogP contribution in [0.1, 0.15) is 42.5 Å². The van der Waals surface area contributed by atoms with E-state index in [1.54, 1.807) is 39.0 Å². The van der Waals surface area contributed by atoms with Crippen molar-refractivity contribution in [3.63, 3.8) is 0 Å². The molecule has 42 heavy (non-hydrogen) atoms. The van der Waals surface area contributed by atoms with Crippen LogP contribution in [-0.2, 0) is 26.4 Å². The van der Waals surface area contributed by atoms with E-state index in [1.807, 2.05) is 73.7 Å². The summed E-state index contributed by atoms with van der Waals surface area (Å²) in [5, 5.41) is 1.10. The Balaban J connectivity index is 0.00000484. The minimum absolute atomic E-state index is 0. The van der Waals surface area contributed by atoms with Gasteiger partial charge in [-0.05, 0) is 66.1 Å². The third-order valence-electron chi connectivity index (χ3n) is 6.85. The van der Waals surface area contributed by atoms with Crippen molar-refractivity contribution in [2.75, 3.05) is 14.2 Å². The van der Waals surface area contributed by atoms with Crippen molar-refractivity contribution in [1.29, 1.82) is 0 Å². The Morgan fingerprint density at radius 2 is 1.21 bits per heavy atom. The van der Waals surface area contributed by atoms with Crippen LogP contribution in [0.15, 0.2) is 97.1 Å². The first-order valence-electron chi connectivity index (χ1n) is 13.5. The van der Waals surface area contributed by atoms with Gasteiger partial charge in [0.1, 0.15) is 23.4 Å². The van der Waals surface area contributed by atoms with Crippen LogP contribution >= 0.6 is 23.2 Å². The summed E-state index contributed by atoms with van der Waals surface area (Å²) < 4.78 is 29.9. The summed E-state index contributed by atoms with van der Waals surface area (Å²) in [6.45, 7) is 5.79. The largest absolute Gasteiger partial charge is 0.527 e. The van der Waals surface area contributed by atoms with E-state index in [1.165, 1.54) is 0 Å². The summed E-state index contributed by atoms with van der Waals surface area (Å²) >= 11 is 12.6. The summed E-state index contributed by atoms with van der Waals surface area (Å²) in [6, 6.07) is 31.4. The summed E-state index contributed by atoms with van der Waals surface area (Å²) in [6.07, 6.45) is -0.299. The van der Waals surface area contributed by atoms with E-state index >= 15 is 0 Å².